The van der Waals surface area contributed by atoms with Crippen molar-refractivity contribution in [3.05, 3.63) is 71.8 Å². The Morgan fingerprint density at radius 1 is 1.11 bits per heavy atom. The van der Waals surface area contributed by atoms with Gasteiger partial charge in [0.15, 0.2) is 0 Å². The van der Waals surface area contributed by atoms with Gasteiger partial charge in [-0.2, -0.15) is 0 Å². The molecule has 0 bridgehead atoms. The number of ether oxygens (including phenoxy) is 1. The minimum absolute atomic E-state index is 0.151. The van der Waals surface area contributed by atoms with Gasteiger partial charge in [-0.15, -0.1) is 0 Å². The van der Waals surface area contributed by atoms with Crippen molar-refractivity contribution in [1.29, 1.82) is 0 Å². The first-order valence-electron chi connectivity index (χ1n) is 9.42. The maximum absolute atomic E-state index is 12.7. The number of carbonyl (C=O) groups is 2. The van der Waals surface area contributed by atoms with Gasteiger partial charge in [-0.05, 0) is 24.5 Å². The van der Waals surface area contributed by atoms with Crippen LogP contribution in [0.25, 0.3) is 0 Å². The van der Waals surface area contributed by atoms with Crippen molar-refractivity contribution >= 4 is 11.8 Å². The minimum Gasteiger partial charge on any atom is -0.364 e. The quantitative estimate of drug-likeness (QED) is 0.781. The highest BCUT2D eigenvalue weighted by molar-refractivity contribution is 5.81. The van der Waals surface area contributed by atoms with E-state index in [0.717, 1.165) is 24.1 Å². The van der Waals surface area contributed by atoms with Gasteiger partial charge >= 0.3 is 0 Å². The molecule has 0 unspecified atom stereocenters. The third kappa shape index (κ3) is 5.41. The molecule has 27 heavy (non-hydrogen) atoms. The molecule has 0 saturated carbocycles. The van der Waals surface area contributed by atoms with Gasteiger partial charge in [0.05, 0.1) is 12.6 Å². The highest BCUT2D eigenvalue weighted by atomic mass is 16.5. The molecule has 0 spiro atoms. The molecule has 2 atom stereocenters. The fraction of sp³-hybridized carbons (Fsp3) is 0.364. The molecule has 1 N–H and O–H groups in total. The summed E-state index contributed by atoms with van der Waals surface area (Å²) in [7, 11) is 0. The molecule has 1 saturated heterocycles. The van der Waals surface area contributed by atoms with Crippen molar-refractivity contribution in [3.8, 4) is 0 Å². The lowest BCUT2D eigenvalue weighted by Gasteiger charge is -2.26. The number of carbonyl (C=O) groups excluding carboxylic acids is 2. The van der Waals surface area contributed by atoms with E-state index in [1.54, 1.807) is 6.92 Å². The lowest BCUT2D eigenvalue weighted by Crippen LogP contribution is -2.42. The molecule has 2 aromatic rings. The van der Waals surface area contributed by atoms with Crippen molar-refractivity contribution < 1.29 is 14.3 Å². The molecule has 1 aliphatic rings. The smallest absolute Gasteiger partial charge is 0.249 e. The van der Waals surface area contributed by atoms with Crippen LogP contribution < -0.4 is 5.32 Å². The highest BCUT2D eigenvalue weighted by Gasteiger charge is 2.26. The zero-order valence-electron chi connectivity index (χ0n) is 15.6. The second-order valence-corrected chi connectivity index (χ2v) is 6.85. The van der Waals surface area contributed by atoms with Crippen molar-refractivity contribution in [1.82, 2.24) is 10.2 Å². The summed E-state index contributed by atoms with van der Waals surface area (Å²) < 4.78 is 5.73. The Balaban J connectivity index is 1.61. The van der Waals surface area contributed by atoms with Crippen molar-refractivity contribution in [2.45, 2.75) is 38.5 Å². The van der Waals surface area contributed by atoms with Crippen LogP contribution in [0.3, 0.4) is 0 Å². The lowest BCUT2D eigenvalue weighted by atomic mass is 10.1. The van der Waals surface area contributed by atoms with Gasteiger partial charge in [-0.1, -0.05) is 60.7 Å². The van der Waals surface area contributed by atoms with Crippen LogP contribution in [0, 0.1) is 0 Å². The molecule has 1 aliphatic heterocycles. The van der Waals surface area contributed by atoms with E-state index in [9.17, 15) is 9.59 Å². The number of hydrogen-bond acceptors (Lipinski definition) is 3. The molecule has 1 heterocycles. The van der Waals surface area contributed by atoms with E-state index in [2.05, 4.69) is 5.32 Å². The SMILES string of the molecule is C[C@@H](OCc1ccccc1)C(=O)N[C@H](CN1CCCC1=O)c1ccccc1. The van der Waals surface area contributed by atoms with E-state index in [4.69, 9.17) is 4.74 Å². The topological polar surface area (TPSA) is 58.6 Å². The van der Waals surface area contributed by atoms with Gasteiger partial charge in [0, 0.05) is 19.5 Å². The van der Waals surface area contributed by atoms with Crippen LogP contribution in [0.5, 0.6) is 0 Å². The number of hydrogen-bond donors (Lipinski definition) is 1. The fourth-order valence-corrected chi connectivity index (χ4v) is 3.20. The third-order valence-corrected chi connectivity index (χ3v) is 4.80. The average Bonchev–Trinajstić information content (AvgIpc) is 3.11. The van der Waals surface area contributed by atoms with Crippen LogP contribution >= 0.6 is 0 Å². The average molecular weight is 366 g/mol. The zero-order valence-corrected chi connectivity index (χ0v) is 15.6. The number of amides is 2. The molecule has 2 aromatic carbocycles. The van der Waals surface area contributed by atoms with E-state index in [0.29, 0.717) is 19.6 Å². The molecule has 2 amide bonds. The molecular weight excluding hydrogens is 340 g/mol. The molecule has 0 radical (unpaired) electrons. The standard InChI is InChI=1S/C22H26N2O3/c1-17(27-16-18-9-4-2-5-10-18)22(26)23-20(19-11-6-3-7-12-19)15-24-14-8-13-21(24)25/h2-7,9-12,17,20H,8,13-16H2,1H3,(H,23,26)/t17-,20-/m1/s1. The summed E-state index contributed by atoms with van der Waals surface area (Å²) in [5, 5.41) is 3.06. The predicted octanol–water partition coefficient (Wildman–Crippen LogP) is 3.07. The van der Waals surface area contributed by atoms with Crippen LogP contribution in [0.2, 0.25) is 0 Å². The maximum atomic E-state index is 12.7. The van der Waals surface area contributed by atoms with E-state index in [1.807, 2.05) is 65.6 Å². The van der Waals surface area contributed by atoms with Crippen molar-refractivity contribution in [3.63, 3.8) is 0 Å². The van der Waals surface area contributed by atoms with E-state index < -0.39 is 6.10 Å². The van der Waals surface area contributed by atoms with Crippen LogP contribution in [-0.4, -0.2) is 35.9 Å². The number of nitrogens with zero attached hydrogens (tertiary/aromatic N) is 1. The van der Waals surface area contributed by atoms with Gasteiger partial charge < -0.3 is 15.0 Å². The number of nitrogens with one attached hydrogen (secondary N) is 1. The van der Waals surface area contributed by atoms with E-state index in [1.165, 1.54) is 0 Å². The first kappa shape index (κ1) is 19.1. The third-order valence-electron chi connectivity index (χ3n) is 4.80. The Kier molecular flexibility index (Phi) is 6.60. The Morgan fingerprint density at radius 2 is 1.78 bits per heavy atom. The Morgan fingerprint density at radius 3 is 2.41 bits per heavy atom. The van der Waals surface area contributed by atoms with Gasteiger partial charge in [0.2, 0.25) is 11.8 Å². The van der Waals surface area contributed by atoms with Gasteiger partial charge in [0.1, 0.15) is 6.10 Å². The zero-order chi connectivity index (χ0) is 19.1. The summed E-state index contributed by atoms with van der Waals surface area (Å²) in [5.74, 6) is -0.0232. The Hall–Kier alpha value is -2.66. The largest absolute Gasteiger partial charge is 0.364 e. The molecular formula is C22H26N2O3. The summed E-state index contributed by atoms with van der Waals surface area (Å²) in [5.41, 5.74) is 2.01. The summed E-state index contributed by atoms with van der Waals surface area (Å²) in [6, 6.07) is 19.3. The molecule has 1 fully saturated rings. The van der Waals surface area contributed by atoms with Crippen LogP contribution in [0.15, 0.2) is 60.7 Å². The lowest BCUT2D eigenvalue weighted by molar-refractivity contribution is -0.134. The van der Waals surface area contributed by atoms with Gasteiger partial charge in [-0.25, -0.2) is 0 Å². The summed E-state index contributed by atoms with van der Waals surface area (Å²) in [6.45, 7) is 3.37. The molecule has 0 aromatic heterocycles. The van der Waals surface area contributed by atoms with Gasteiger partial charge in [-0.3, -0.25) is 9.59 Å². The Bertz CT molecular complexity index is 749. The van der Waals surface area contributed by atoms with Crippen LogP contribution in [0.4, 0.5) is 0 Å². The van der Waals surface area contributed by atoms with Gasteiger partial charge in [0.25, 0.3) is 0 Å². The normalized spacial score (nSPS) is 16.2. The molecule has 3 rings (SSSR count). The van der Waals surface area contributed by atoms with E-state index >= 15 is 0 Å². The van der Waals surface area contributed by atoms with Crippen molar-refractivity contribution in [2.24, 2.45) is 0 Å². The second kappa shape index (κ2) is 9.33. The molecule has 5 heteroatoms. The first-order valence-corrected chi connectivity index (χ1v) is 9.42. The predicted molar refractivity (Wildman–Crippen MR) is 104 cm³/mol. The maximum Gasteiger partial charge on any atom is 0.249 e. The van der Waals surface area contributed by atoms with Crippen LogP contribution in [0.1, 0.15) is 36.9 Å². The summed E-state index contributed by atoms with van der Waals surface area (Å²) in [4.78, 5) is 26.5. The highest BCUT2D eigenvalue weighted by Crippen LogP contribution is 2.19. The first-order chi connectivity index (χ1) is 13.1. The van der Waals surface area contributed by atoms with E-state index in [-0.39, 0.29) is 17.9 Å². The fourth-order valence-electron chi connectivity index (χ4n) is 3.20. The summed E-state index contributed by atoms with van der Waals surface area (Å²) in [6.07, 6.45) is 0.891. The van der Waals surface area contributed by atoms with Crippen molar-refractivity contribution in [2.75, 3.05) is 13.1 Å². The monoisotopic (exact) mass is 366 g/mol. The second-order valence-electron chi connectivity index (χ2n) is 6.85. The van der Waals surface area contributed by atoms with Crippen LogP contribution in [-0.2, 0) is 20.9 Å². The number of benzene rings is 2. The number of rotatable bonds is 8. The number of likely N-dealkylation sites (tertiary alicyclic amines) is 1. The molecule has 142 valence electrons. The molecule has 0 aliphatic carbocycles. The summed E-state index contributed by atoms with van der Waals surface area (Å²) >= 11 is 0. The Labute approximate surface area is 160 Å². The molecule has 5 nitrogen and oxygen atoms in total. The minimum atomic E-state index is -0.578.